The maximum absolute atomic E-state index is 5.93. The normalized spacial score (nSPS) is 10.2. The van der Waals surface area contributed by atoms with Gasteiger partial charge in [-0.3, -0.25) is 0 Å². The van der Waals surface area contributed by atoms with Crippen molar-refractivity contribution >= 4 is 40.3 Å². The molecule has 0 saturated heterocycles. The average Bonchev–Trinajstić information content (AvgIpc) is 3.08. The minimum atomic E-state index is 0.259. The van der Waals surface area contributed by atoms with Crippen LogP contribution in [0.15, 0.2) is 60.9 Å². The summed E-state index contributed by atoms with van der Waals surface area (Å²) >= 11 is 11.3. The molecule has 26 heavy (non-hydrogen) atoms. The van der Waals surface area contributed by atoms with E-state index in [1.165, 1.54) is 0 Å². The summed E-state index contributed by atoms with van der Waals surface area (Å²) in [6, 6.07) is 14.7. The fourth-order valence-corrected chi connectivity index (χ4v) is 2.64. The van der Waals surface area contributed by atoms with Crippen LogP contribution in [0, 0.1) is 0 Å². The molecule has 0 bridgehead atoms. The molecular weight excluding hydrogens is 372 g/mol. The van der Waals surface area contributed by atoms with Crippen molar-refractivity contribution < 1.29 is 9.47 Å². The van der Waals surface area contributed by atoms with Gasteiger partial charge in [-0.25, -0.2) is 4.68 Å². The summed E-state index contributed by atoms with van der Waals surface area (Å²) in [5.41, 5.74) is 1.52. The Morgan fingerprint density at radius 2 is 2.04 bits per heavy atom. The Balaban J connectivity index is 1.55. The van der Waals surface area contributed by atoms with Gasteiger partial charge >= 0.3 is 0 Å². The third kappa shape index (κ3) is 4.87. The molecular formula is C18H17ClN4O2S. The number of benzene rings is 2. The Morgan fingerprint density at radius 1 is 1.19 bits per heavy atom. The van der Waals surface area contributed by atoms with Crippen LogP contribution < -0.4 is 20.1 Å². The molecule has 1 heterocycles. The van der Waals surface area contributed by atoms with Crippen molar-refractivity contribution in [3.05, 3.63) is 65.9 Å². The first-order valence-corrected chi connectivity index (χ1v) is 8.54. The number of thiocarbonyl (C=S) groups is 1. The SMILES string of the molecule is COc1ccccc1NC(=S)Nc1cnn(COc2cccc(Cl)c2)c1. The number of methoxy groups -OCH3 is 1. The molecule has 3 aromatic rings. The second-order valence-corrected chi connectivity index (χ2v) is 6.12. The lowest BCUT2D eigenvalue weighted by Crippen LogP contribution is -2.19. The Labute approximate surface area is 161 Å². The second-order valence-electron chi connectivity index (χ2n) is 5.28. The molecule has 0 aliphatic heterocycles. The van der Waals surface area contributed by atoms with Crippen LogP contribution in [-0.4, -0.2) is 22.0 Å². The third-order valence-corrected chi connectivity index (χ3v) is 3.85. The van der Waals surface area contributed by atoms with E-state index in [-0.39, 0.29) is 6.73 Å². The summed E-state index contributed by atoms with van der Waals surface area (Å²) in [5, 5.41) is 11.5. The smallest absolute Gasteiger partial charge is 0.180 e. The topological polar surface area (TPSA) is 60.3 Å². The first-order chi connectivity index (χ1) is 12.6. The molecule has 2 N–H and O–H groups in total. The van der Waals surface area contributed by atoms with Gasteiger partial charge in [0.2, 0.25) is 0 Å². The van der Waals surface area contributed by atoms with Crippen LogP contribution in [0.2, 0.25) is 5.02 Å². The van der Waals surface area contributed by atoms with E-state index >= 15 is 0 Å². The molecule has 3 rings (SSSR count). The monoisotopic (exact) mass is 388 g/mol. The zero-order valence-electron chi connectivity index (χ0n) is 14.0. The largest absolute Gasteiger partial charge is 0.495 e. The molecule has 0 amide bonds. The van der Waals surface area contributed by atoms with Crippen molar-refractivity contribution in [2.75, 3.05) is 17.7 Å². The molecule has 0 radical (unpaired) electrons. The highest BCUT2D eigenvalue weighted by Crippen LogP contribution is 2.23. The number of halogens is 1. The summed E-state index contributed by atoms with van der Waals surface area (Å²) in [6.07, 6.45) is 3.46. The number of rotatable bonds is 6. The minimum Gasteiger partial charge on any atom is -0.495 e. The Bertz CT molecular complexity index is 900. The molecule has 0 aliphatic carbocycles. The zero-order chi connectivity index (χ0) is 18.4. The highest BCUT2D eigenvalue weighted by Gasteiger charge is 2.06. The van der Waals surface area contributed by atoms with E-state index < -0.39 is 0 Å². The number of nitrogens with zero attached hydrogens (tertiary/aromatic N) is 2. The summed E-state index contributed by atoms with van der Waals surface area (Å²) in [5.74, 6) is 1.39. The number of hydrogen-bond acceptors (Lipinski definition) is 4. The molecule has 0 aliphatic rings. The van der Waals surface area contributed by atoms with E-state index in [0.717, 1.165) is 11.4 Å². The molecule has 8 heteroatoms. The lowest BCUT2D eigenvalue weighted by molar-refractivity contribution is 0.221. The number of aromatic nitrogens is 2. The summed E-state index contributed by atoms with van der Waals surface area (Å²) in [6.45, 7) is 0.259. The van der Waals surface area contributed by atoms with Gasteiger partial charge in [0.25, 0.3) is 0 Å². The fraction of sp³-hybridized carbons (Fsp3) is 0.111. The van der Waals surface area contributed by atoms with E-state index in [2.05, 4.69) is 15.7 Å². The van der Waals surface area contributed by atoms with Crippen molar-refractivity contribution in [2.45, 2.75) is 6.73 Å². The van der Waals surface area contributed by atoms with Gasteiger partial charge in [0.15, 0.2) is 11.8 Å². The molecule has 0 unspecified atom stereocenters. The van der Waals surface area contributed by atoms with Crippen molar-refractivity contribution in [3.8, 4) is 11.5 Å². The molecule has 6 nitrogen and oxygen atoms in total. The maximum Gasteiger partial charge on any atom is 0.180 e. The van der Waals surface area contributed by atoms with E-state index in [1.807, 2.05) is 36.4 Å². The predicted octanol–water partition coefficient (Wildman–Crippen LogP) is 4.39. The standard InChI is InChI=1S/C18H17ClN4O2S/c1-24-17-8-3-2-7-16(17)22-18(26)21-14-10-20-23(11-14)12-25-15-6-4-5-13(19)9-15/h2-11H,12H2,1H3,(H2,21,22,26). The molecule has 0 atom stereocenters. The highest BCUT2D eigenvalue weighted by atomic mass is 35.5. The lowest BCUT2D eigenvalue weighted by atomic mass is 10.3. The molecule has 2 aromatic carbocycles. The van der Waals surface area contributed by atoms with Crippen molar-refractivity contribution in [1.82, 2.24) is 9.78 Å². The van der Waals surface area contributed by atoms with Gasteiger partial charge in [-0.1, -0.05) is 29.8 Å². The quantitative estimate of drug-likeness (QED) is 0.611. The molecule has 0 fully saturated rings. The molecule has 134 valence electrons. The van der Waals surface area contributed by atoms with Crippen molar-refractivity contribution in [3.63, 3.8) is 0 Å². The second kappa shape index (κ2) is 8.55. The van der Waals surface area contributed by atoms with Gasteiger partial charge in [0.05, 0.1) is 30.9 Å². The van der Waals surface area contributed by atoms with Crippen LogP contribution in [0.5, 0.6) is 11.5 Å². The lowest BCUT2D eigenvalue weighted by Gasteiger charge is -2.12. The molecule has 1 aromatic heterocycles. The number of para-hydroxylation sites is 2. The van der Waals surface area contributed by atoms with E-state index in [4.69, 9.17) is 33.3 Å². The molecule has 0 saturated carbocycles. The van der Waals surface area contributed by atoms with E-state index in [1.54, 1.807) is 36.3 Å². The average molecular weight is 389 g/mol. The van der Waals surface area contributed by atoms with E-state index in [0.29, 0.717) is 21.6 Å². The summed E-state index contributed by atoms with van der Waals surface area (Å²) < 4.78 is 12.6. The summed E-state index contributed by atoms with van der Waals surface area (Å²) in [4.78, 5) is 0. The van der Waals surface area contributed by atoms with Crippen LogP contribution in [0.1, 0.15) is 0 Å². The van der Waals surface area contributed by atoms with Crippen LogP contribution in [0.25, 0.3) is 0 Å². The first kappa shape index (κ1) is 18.0. The summed E-state index contributed by atoms with van der Waals surface area (Å²) in [7, 11) is 1.61. The van der Waals surface area contributed by atoms with Gasteiger partial charge in [-0.2, -0.15) is 5.10 Å². The number of hydrogen-bond donors (Lipinski definition) is 2. The van der Waals surface area contributed by atoms with Crippen LogP contribution >= 0.6 is 23.8 Å². The highest BCUT2D eigenvalue weighted by molar-refractivity contribution is 7.80. The zero-order valence-corrected chi connectivity index (χ0v) is 15.6. The Hall–Kier alpha value is -2.77. The molecule has 0 spiro atoms. The first-order valence-electron chi connectivity index (χ1n) is 7.76. The van der Waals surface area contributed by atoms with Crippen LogP contribution in [0.4, 0.5) is 11.4 Å². The van der Waals surface area contributed by atoms with Gasteiger partial charge in [0, 0.05) is 5.02 Å². The number of ether oxygens (including phenoxy) is 2. The van der Waals surface area contributed by atoms with Gasteiger partial charge in [-0.05, 0) is 42.5 Å². The van der Waals surface area contributed by atoms with Gasteiger partial charge in [0.1, 0.15) is 11.5 Å². The van der Waals surface area contributed by atoms with Gasteiger partial charge in [-0.15, -0.1) is 0 Å². The minimum absolute atomic E-state index is 0.259. The van der Waals surface area contributed by atoms with Crippen molar-refractivity contribution in [2.24, 2.45) is 0 Å². The number of nitrogens with one attached hydrogen (secondary N) is 2. The predicted molar refractivity (Wildman–Crippen MR) is 107 cm³/mol. The van der Waals surface area contributed by atoms with Gasteiger partial charge < -0.3 is 20.1 Å². The van der Waals surface area contributed by atoms with Crippen LogP contribution in [0.3, 0.4) is 0 Å². The maximum atomic E-state index is 5.93. The van der Waals surface area contributed by atoms with Crippen LogP contribution in [-0.2, 0) is 6.73 Å². The Morgan fingerprint density at radius 3 is 2.85 bits per heavy atom. The number of anilines is 2. The Kier molecular flexibility index (Phi) is 5.93. The van der Waals surface area contributed by atoms with E-state index in [9.17, 15) is 0 Å². The van der Waals surface area contributed by atoms with Crippen molar-refractivity contribution in [1.29, 1.82) is 0 Å². The fourth-order valence-electron chi connectivity index (χ4n) is 2.23. The third-order valence-electron chi connectivity index (χ3n) is 3.41.